The number of aryl methyl sites for hydroxylation is 1. The first-order valence-electron chi connectivity index (χ1n) is 5.10. The van der Waals surface area contributed by atoms with Crippen molar-refractivity contribution < 1.29 is 14.2 Å². The number of alkyl halides is 1. The van der Waals surface area contributed by atoms with Gasteiger partial charge in [-0.2, -0.15) is 0 Å². The molecule has 1 aromatic rings. The van der Waals surface area contributed by atoms with E-state index in [4.69, 9.17) is 25.8 Å². The number of benzene rings is 1. The molecule has 1 aromatic carbocycles. The summed E-state index contributed by atoms with van der Waals surface area (Å²) in [4.78, 5) is 0. The Balaban J connectivity index is 3.47. The van der Waals surface area contributed by atoms with Crippen LogP contribution in [0, 0.1) is 0 Å². The van der Waals surface area contributed by atoms with Crippen molar-refractivity contribution in [3.63, 3.8) is 0 Å². The Hall–Kier alpha value is -1.09. The molecule has 0 atom stereocenters. The Bertz CT molecular complexity index is 334. The lowest BCUT2D eigenvalue weighted by Gasteiger charge is -2.17. The van der Waals surface area contributed by atoms with Crippen LogP contribution in [0.15, 0.2) is 6.07 Å². The smallest absolute Gasteiger partial charge is 0.203 e. The van der Waals surface area contributed by atoms with Gasteiger partial charge < -0.3 is 14.2 Å². The molecule has 0 aliphatic heterocycles. The van der Waals surface area contributed by atoms with Crippen molar-refractivity contribution in [3.8, 4) is 17.2 Å². The summed E-state index contributed by atoms with van der Waals surface area (Å²) in [6, 6.07) is 1.94. The third-order valence-corrected chi connectivity index (χ3v) is 2.81. The second-order valence-corrected chi connectivity index (χ2v) is 3.54. The monoisotopic (exact) mass is 244 g/mol. The molecule has 0 heterocycles. The summed E-state index contributed by atoms with van der Waals surface area (Å²) in [5.41, 5.74) is 2.08. The fraction of sp³-hybridized carbons (Fsp3) is 0.500. The minimum atomic E-state index is 0.396. The van der Waals surface area contributed by atoms with E-state index in [1.807, 2.05) is 6.07 Å². The number of halogens is 1. The van der Waals surface area contributed by atoms with E-state index in [1.165, 1.54) is 0 Å². The van der Waals surface area contributed by atoms with Crippen LogP contribution in [-0.4, -0.2) is 21.3 Å². The minimum Gasteiger partial charge on any atom is -0.493 e. The number of methoxy groups -OCH3 is 3. The highest BCUT2D eigenvalue weighted by Crippen LogP contribution is 2.42. The van der Waals surface area contributed by atoms with E-state index in [0.717, 1.165) is 17.5 Å². The van der Waals surface area contributed by atoms with Crippen LogP contribution in [0.4, 0.5) is 0 Å². The summed E-state index contributed by atoms with van der Waals surface area (Å²) in [7, 11) is 4.80. The van der Waals surface area contributed by atoms with E-state index >= 15 is 0 Å². The first-order chi connectivity index (χ1) is 7.73. The van der Waals surface area contributed by atoms with Crippen molar-refractivity contribution in [2.24, 2.45) is 0 Å². The lowest BCUT2D eigenvalue weighted by molar-refractivity contribution is 0.322. The normalized spacial score (nSPS) is 10.1. The highest BCUT2D eigenvalue weighted by Gasteiger charge is 2.18. The molecule has 1 rings (SSSR count). The molecule has 0 aromatic heterocycles. The molecule has 0 bridgehead atoms. The molecular formula is C12H17ClO3. The summed E-state index contributed by atoms with van der Waals surface area (Å²) in [5, 5.41) is 0. The second kappa shape index (κ2) is 5.85. The van der Waals surface area contributed by atoms with Crippen LogP contribution in [0.1, 0.15) is 18.1 Å². The van der Waals surface area contributed by atoms with Gasteiger partial charge in [-0.1, -0.05) is 6.92 Å². The molecule has 16 heavy (non-hydrogen) atoms. The second-order valence-electron chi connectivity index (χ2n) is 3.27. The molecule has 0 aliphatic carbocycles. The highest BCUT2D eigenvalue weighted by atomic mass is 35.5. The molecule has 0 saturated heterocycles. The number of ether oxygens (including phenoxy) is 3. The Morgan fingerprint density at radius 2 is 1.69 bits per heavy atom. The van der Waals surface area contributed by atoms with Gasteiger partial charge in [0.1, 0.15) is 0 Å². The van der Waals surface area contributed by atoms with Crippen LogP contribution in [0.3, 0.4) is 0 Å². The molecular weight excluding hydrogens is 228 g/mol. The Labute approximate surface area is 101 Å². The van der Waals surface area contributed by atoms with Crippen molar-refractivity contribution in [2.45, 2.75) is 19.2 Å². The lowest BCUT2D eigenvalue weighted by atomic mass is 10.0. The SMILES string of the molecule is CCc1cc(OC)c(OC)c(OC)c1CCl. The molecule has 0 aliphatic rings. The van der Waals surface area contributed by atoms with Gasteiger partial charge in [0.25, 0.3) is 0 Å². The summed E-state index contributed by atoms with van der Waals surface area (Å²) in [6.07, 6.45) is 0.874. The molecule has 4 heteroatoms. The van der Waals surface area contributed by atoms with Crippen LogP contribution in [0.5, 0.6) is 17.2 Å². The first kappa shape index (κ1) is 13.0. The summed E-state index contributed by atoms with van der Waals surface area (Å²) in [6.45, 7) is 2.07. The van der Waals surface area contributed by atoms with Crippen LogP contribution < -0.4 is 14.2 Å². The molecule has 90 valence electrons. The van der Waals surface area contributed by atoms with Crippen molar-refractivity contribution >= 4 is 11.6 Å². The van der Waals surface area contributed by atoms with Crippen molar-refractivity contribution in [2.75, 3.05) is 21.3 Å². The van der Waals surface area contributed by atoms with Gasteiger partial charge in [-0.05, 0) is 18.1 Å². The van der Waals surface area contributed by atoms with E-state index in [0.29, 0.717) is 23.1 Å². The molecule has 0 fully saturated rings. The fourth-order valence-electron chi connectivity index (χ4n) is 1.73. The van der Waals surface area contributed by atoms with Gasteiger partial charge in [0.2, 0.25) is 5.75 Å². The Kier molecular flexibility index (Phi) is 4.74. The number of hydrogen-bond donors (Lipinski definition) is 0. The molecule has 0 amide bonds. The zero-order valence-electron chi connectivity index (χ0n) is 10.1. The Morgan fingerprint density at radius 3 is 2.06 bits per heavy atom. The first-order valence-corrected chi connectivity index (χ1v) is 5.63. The maximum atomic E-state index is 5.94. The largest absolute Gasteiger partial charge is 0.493 e. The zero-order chi connectivity index (χ0) is 12.1. The van der Waals surface area contributed by atoms with Gasteiger partial charge in [-0.3, -0.25) is 0 Å². The zero-order valence-corrected chi connectivity index (χ0v) is 10.9. The van der Waals surface area contributed by atoms with Crippen molar-refractivity contribution in [1.29, 1.82) is 0 Å². The third-order valence-electron chi connectivity index (χ3n) is 2.54. The third kappa shape index (κ3) is 2.19. The quantitative estimate of drug-likeness (QED) is 0.746. The average molecular weight is 245 g/mol. The average Bonchev–Trinajstić information content (AvgIpc) is 2.35. The summed E-state index contributed by atoms with van der Waals surface area (Å²) >= 11 is 5.94. The van der Waals surface area contributed by atoms with Crippen LogP contribution in [0.25, 0.3) is 0 Å². The molecule has 3 nitrogen and oxygen atoms in total. The summed E-state index contributed by atoms with van der Waals surface area (Å²) in [5.74, 6) is 2.32. The van der Waals surface area contributed by atoms with Crippen LogP contribution in [-0.2, 0) is 12.3 Å². The van der Waals surface area contributed by atoms with Gasteiger partial charge in [-0.25, -0.2) is 0 Å². The highest BCUT2D eigenvalue weighted by molar-refractivity contribution is 6.17. The molecule has 0 unspecified atom stereocenters. The van der Waals surface area contributed by atoms with Gasteiger partial charge in [0.15, 0.2) is 11.5 Å². The maximum absolute atomic E-state index is 5.94. The standard InChI is InChI=1S/C12H17ClO3/c1-5-8-6-10(14-2)12(16-4)11(15-3)9(8)7-13/h6H,5,7H2,1-4H3. The fourth-order valence-corrected chi connectivity index (χ4v) is 2.02. The van der Waals surface area contributed by atoms with E-state index in [1.54, 1.807) is 21.3 Å². The molecule has 0 N–H and O–H groups in total. The number of rotatable bonds is 5. The topological polar surface area (TPSA) is 27.7 Å². The van der Waals surface area contributed by atoms with Crippen molar-refractivity contribution in [3.05, 3.63) is 17.2 Å². The van der Waals surface area contributed by atoms with E-state index < -0.39 is 0 Å². The molecule has 0 saturated carbocycles. The van der Waals surface area contributed by atoms with Gasteiger partial charge in [0.05, 0.1) is 27.2 Å². The predicted molar refractivity (Wildman–Crippen MR) is 65.0 cm³/mol. The Morgan fingerprint density at radius 1 is 1.06 bits per heavy atom. The van der Waals surface area contributed by atoms with Crippen LogP contribution >= 0.6 is 11.6 Å². The van der Waals surface area contributed by atoms with Gasteiger partial charge in [-0.15, -0.1) is 11.6 Å². The van der Waals surface area contributed by atoms with E-state index in [-0.39, 0.29) is 0 Å². The van der Waals surface area contributed by atoms with E-state index in [9.17, 15) is 0 Å². The van der Waals surface area contributed by atoms with E-state index in [2.05, 4.69) is 6.92 Å². The molecule has 0 radical (unpaired) electrons. The number of hydrogen-bond acceptors (Lipinski definition) is 3. The molecule has 0 spiro atoms. The van der Waals surface area contributed by atoms with Crippen molar-refractivity contribution in [1.82, 2.24) is 0 Å². The maximum Gasteiger partial charge on any atom is 0.203 e. The van der Waals surface area contributed by atoms with Gasteiger partial charge in [0, 0.05) is 5.56 Å². The van der Waals surface area contributed by atoms with Gasteiger partial charge >= 0.3 is 0 Å². The van der Waals surface area contributed by atoms with Crippen LogP contribution in [0.2, 0.25) is 0 Å². The summed E-state index contributed by atoms with van der Waals surface area (Å²) < 4.78 is 15.9. The predicted octanol–water partition coefficient (Wildman–Crippen LogP) is 3.01. The lowest BCUT2D eigenvalue weighted by Crippen LogP contribution is -2.01. The minimum absolute atomic E-state index is 0.396.